The summed E-state index contributed by atoms with van der Waals surface area (Å²) in [7, 11) is 0. The fraction of sp³-hybridized carbons (Fsp3) is 0.667. The Kier molecular flexibility index (Phi) is 9.03. The quantitative estimate of drug-likeness (QED) is 0.451. The second-order valence-corrected chi connectivity index (χ2v) is 7.76. The van der Waals surface area contributed by atoms with Crippen LogP contribution in [0.3, 0.4) is 0 Å². The number of hydrogen-bond donors (Lipinski definition) is 3. The third kappa shape index (κ3) is 5.98. The number of rotatable bonds is 10. The number of nitrogens with one attached hydrogen (secondary N) is 2. The summed E-state index contributed by atoms with van der Waals surface area (Å²) in [5, 5.41) is 3.00. The number of aromatic nitrogens is 2. The van der Waals surface area contributed by atoms with Crippen molar-refractivity contribution in [2.45, 2.75) is 84.5 Å². The Balaban J connectivity index is 2.50. The Morgan fingerprint density at radius 3 is 2.28 bits per heavy atom. The molecular weight excluding hydrogens is 418 g/mol. The van der Waals surface area contributed by atoms with E-state index < -0.39 is 35.7 Å². The van der Waals surface area contributed by atoms with Crippen LogP contribution in [0.25, 0.3) is 0 Å². The summed E-state index contributed by atoms with van der Waals surface area (Å²) < 4.78 is 11.2. The lowest BCUT2D eigenvalue weighted by molar-refractivity contribution is -0.168. The number of ether oxygens (including phenoxy) is 2. The molecule has 3 atom stereocenters. The van der Waals surface area contributed by atoms with Crippen LogP contribution in [0, 0.1) is 0 Å². The number of nitrogens with zero attached hydrogens (tertiary/aromatic N) is 2. The molecule has 0 fully saturated rings. The van der Waals surface area contributed by atoms with E-state index in [1.807, 2.05) is 20.8 Å². The summed E-state index contributed by atoms with van der Waals surface area (Å²) in [4.78, 5) is 58.1. The van der Waals surface area contributed by atoms with E-state index >= 15 is 0 Å². The zero-order chi connectivity index (χ0) is 23.8. The topological polar surface area (TPSA) is 157 Å². The molecule has 11 heteroatoms. The molecule has 0 saturated heterocycles. The Hall–Kier alpha value is -3.11. The summed E-state index contributed by atoms with van der Waals surface area (Å²) in [6.45, 7) is 7.27. The van der Waals surface area contributed by atoms with Crippen molar-refractivity contribution in [3.63, 3.8) is 0 Å². The number of fused-ring (bicyclic) bond motifs is 1. The number of hydrogen-bond acceptors (Lipinski definition) is 9. The summed E-state index contributed by atoms with van der Waals surface area (Å²) in [6.07, 6.45) is 0.439. The molecule has 0 bridgehead atoms. The number of nitrogens with two attached hydrogens (primary N) is 1. The van der Waals surface area contributed by atoms with Crippen LogP contribution >= 0.6 is 0 Å². The maximum absolute atomic E-state index is 13.1. The SMILES string of the molecule is CCCC(=O)OC(C)C(OC(=O)CCC)C1CNc2nc(N)[nH]c(=O)c2N1C(=O)CCC. The van der Waals surface area contributed by atoms with Gasteiger partial charge in [-0.1, -0.05) is 20.8 Å². The molecule has 1 aromatic rings. The molecule has 1 aromatic heterocycles. The van der Waals surface area contributed by atoms with E-state index in [4.69, 9.17) is 15.2 Å². The number of H-pyrrole nitrogens is 1. The highest BCUT2D eigenvalue weighted by atomic mass is 16.6. The number of amides is 1. The van der Waals surface area contributed by atoms with Crippen molar-refractivity contribution in [2.75, 3.05) is 22.5 Å². The number of anilines is 3. The first-order valence-corrected chi connectivity index (χ1v) is 11.1. The van der Waals surface area contributed by atoms with Gasteiger partial charge in [-0.2, -0.15) is 4.98 Å². The van der Waals surface area contributed by atoms with Gasteiger partial charge in [-0.25, -0.2) is 0 Å². The molecule has 0 spiro atoms. The van der Waals surface area contributed by atoms with Crippen molar-refractivity contribution >= 4 is 35.3 Å². The average Bonchev–Trinajstić information content (AvgIpc) is 2.71. The summed E-state index contributed by atoms with van der Waals surface area (Å²) in [5.74, 6) is -1.16. The highest BCUT2D eigenvalue weighted by Gasteiger charge is 2.43. The lowest BCUT2D eigenvalue weighted by Crippen LogP contribution is -2.59. The standard InChI is InChI=1S/C21H33N5O6/c1-5-8-14(27)26-13(11-23-19-17(26)20(30)25-21(22)24-19)18(32-16(29)10-7-3)12(4)31-15(28)9-6-2/h12-13,18H,5-11H2,1-4H3,(H4,22,23,24,25,30). The maximum Gasteiger partial charge on any atom is 0.306 e. The molecule has 3 unspecified atom stereocenters. The van der Waals surface area contributed by atoms with Gasteiger partial charge in [0.05, 0.1) is 6.04 Å². The Morgan fingerprint density at radius 2 is 1.69 bits per heavy atom. The highest BCUT2D eigenvalue weighted by molar-refractivity contribution is 5.97. The maximum atomic E-state index is 13.1. The van der Waals surface area contributed by atoms with Crippen LogP contribution in [0.5, 0.6) is 0 Å². The van der Waals surface area contributed by atoms with E-state index in [0.717, 1.165) is 0 Å². The first-order chi connectivity index (χ1) is 15.2. The molecule has 2 rings (SSSR count). The third-order valence-corrected chi connectivity index (χ3v) is 5.03. The molecule has 32 heavy (non-hydrogen) atoms. The third-order valence-electron chi connectivity index (χ3n) is 5.03. The van der Waals surface area contributed by atoms with Crippen LogP contribution < -0.4 is 21.5 Å². The van der Waals surface area contributed by atoms with Gasteiger partial charge < -0.3 is 20.5 Å². The number of aromatic amines is 1. The van der Waals surface area contributed by atoms with Crippen LogP contribution in [0.15, 0.2) is 4.79 Å². The van der Waals surface area contributed by atoms with E-state index in [-0.39, 0.29) is 49.2 Å². The van der Waals surface area contributed by atoms with Crippen LogP contribution in [0.4, 0.5) is 17.5 Å². The molecule has 0 aromatic carbocycles. The molecule has 0 radical (unpaired) electrons. The zero-order valence-electron chi connectivity index (χ0n) is 19.1. The summed E-state index contributed by atoms with van der Waals surface area (Å²) >= 11 is 0. The van der Waals surface area contributed by atoms with Crippen molar-refractivity contribution in [1.82, 2.24) is 9.97 Å². The van der Waals surface area contributed by atoms with Gasteiger partial charge in [-0.05, 0) is 26.2 Å². The van der Waals surface area contributed by atoms with Crippen molar-refractivity contribution in [3.05, 3.63) is 10.4 Å². The Labute approximate surface area is 187 Å². The smallest absolute Gasteiger partial charge is 0.306 e. The molecule has 4 N–H and O–H groups in total. The molecule has 1 amide bonds. The van der Waals surface area contributed by atoms with Gasteiger partial charge in [0, 0.05) is 25.8 Å². The summed E-state index contributed by atoms with van der Waals surface area (Å²) in [5.41, 5.74) is 5.05. The van der Waals surface area contributed by atoms with Gasteiger partial charge in [0.25, 0.3) is 5.56 Å². The zero-order valence-corrected chi connectivity index (χ0v) is 19.1. The van der Waals surface area contributed by atoms with Gasteiger partial charge in [-0.3, -0.25) is 29.1 Å². The Morgan fingerprint density at radius 1 is 1.09 bits per heavy atom. The molecule has 0 saturated carbocycles. The molecule has 0 aliphatic carbocycles. The molecular formula is C21H33N5O6. The number of carbonyl (C=O) groups is 3. The fourth-order valence-electron chi connectivity index (χ4n) is 3.64. The van der Waals surface area contributed by atoms with Crippen molar-refractivity contribution in [1.29, 1.82) is 0 Å². The first kappa shape index (κ1) is 25.2. The van der Waals surface area contributed by atoms with Crippen LogP contribution in [-0.4, -0.2) is 52.6 Å². The number of nitrogen functional groups attached to an aromatic ring is 1. The predicted octanol–water partition coefficient (Wildman–Crippen LogP) is 1.72. The van der Waals surface area contributed by atoms with Crippen molar-refractivity contribution in [2.24, 2.45) is 0 Å². The fourth-order valence-corrected chi connectivity index (χ4v) is 3.64. The number of carbonyl (C=O) groups excluding carboxylic acids is 3. The second kappa shape index (κ2) is 11.5. The van der Waals surface area contributed by atoms with Gasteiger partial charge >= 0.3 is 11.9 Å². The van der Waals surface area contributed by atoms with Crippen LogP contribution in [0.2, 0.25) is 0 Å². The minimum atomic E-state index is -0.992. The first-order valence-electron chi connectivity index (χ1n) is 11.1. The van der Waals surface area contributed by atoms with Gasteiger partial charge in [0.1, 0.15) is 6.10 Å². The lowest BCUT2D eigenvalue weighted by atomic mass is 10.00. The molecule has 1 aliphatic rings. The van der Waals surface area contributed by atoms with E-state index in [2.05, 4.69) is 15.3 Å². The molecule has 2 heterocycles. The largest absolute Gasteiger partial charge is 0.459 e. The minimum absolute atomic E-state index is 0.00229. The van der Waals surface area contributed by atoms with Crippen molar-refractivity contribution in [3.8, 4) is 0 Å². The van der Waals surface area contributed by atoms with E-state index in [1.54, 1.807) is 6.92 Å². The predicted molar refractivity (Wildman–Crippen MR) is 119 cm³/mol. The average molecular weight is 452 g/mol. The van der Waals surface area contributed by atoms with E-state index in [9.17, 15) is 19.2 Å². The van der Waals surface area contributed by atoms with Crippen LogP contribution in [0.1, 0.15) is 66.2 Å². The van der Waals surface area contributed by atoms with Gasteiger partial charge in [0.15, 0.2) is 17.6 Å². The molecule has 1 aliphatic heterocycles. The normalized spacial score (nSPS) is 17.0. The van der Waals surface area contributed by atoms with Gasteiger partial charge in [-0.15, -0.1) is 0 Å². The van der Waals surface area contributed by atoms with Gasteiger partial charge in [0.2, 0.25) is 11.9 Å². The number of esters is 2. The highest BCUT2D eigenvalue weighted by Crippen LogP contribution is 2.31. The van der Waals surface area contributed by atoms with E-state index in [0.29, 0.717) is 19.3 Å². The molecule has 11 nitrogen and oxygen atoms in total. The lowest BCUT2D eigenvalue weighted by Gasteiger charge is -2.41. The second-order valence-electron chi connectivity index (χ2n) is 7.76. The monoisotopic (exact) mass is 451 g/mol. The van der Waals surface area contributed by atoms with Crippen LogP contribution in [-0.2, 0) is 23.9 Å². The summed E-state index contributed by atoms with van der Waals surface area (Å²) in [6, 6.07) is -0.793. The molecule has 178 valence electrons. The van der Waals surface area contributed by atoms with Crippen molar-refractivity contribution < 1.29 is 23.9 Å². The Bertz CT molecular complexity index is 886. The van der Waals surface area contributed by atoms with E-state index in [1.165, 1.54) is 4.90 Å². The minimum Gasteiger partial charge on any atom is -0.459 e.